The molecule has 0 amide bonds. The number of amidine groups is 1. The molecule has 0 saturated carbocycles. The van der Waals surface area contributed by atoms with Gasteiger partial charge in [-0.05, 0) is 19.4 Å². The van der Waals surface area contributed by atoms with Gasteiger partial charge in [0.25, 0.3) is 0 Å². The standard InChI is InChI=1S/C14H19ClN2O2S/c1-8-5-9(2)20-14(16-8)17-11-6-10(15)12(18-3)7-13(11)19-4/h6-9H,5H2,1-4H3,(H,16,17). The molecule has 6 heteroatoms. The summed E-state index contributed by atoms with van der Waals surface area (Å²) in [6.45, 7) is 4.33. The third-order valence-electron chi connectivity index (χ3n) is 3.04. The highest BCUT2D eigenvalue weighted by atomic mass is 35.5. The smallest absolute Gasteiger partial charge is 0.161 e. The average molecular weight is 315 g/mol. The predicted molar refractivity (Wildman–Crippen MR) is 86.7 cm³/mol. The molecule has 110 valence electrons. The van der Waals surface area contributed by atoms with Crippen LogP contribution in [-0.2, 0) is 0 Å². The molecule has 1 N–H and O–H groups in total. The second kappa shape index (κ2) is 6.59. The van der Waals surface area contributed by atoms with E-state index in [-0.39, 0.29) is 0 Å². The summed E-state index contributed by atoms with van der Waals surface area (Å²) in [5.41, 5.74) is 0.797. The molecule has 1 aromatic rings. The van der Waals surface area contributed by atoms with Crippen molar-refractivity contribution in [2.45, 2.75) is 31.6 Å². The number of thioether (sulfide) groups is 1. The summed E-state index contributed by atoms with van der Waals surface area (Å²) in [7, 11) is 3.20. The molecule has 1 aromatic carbocycles. The van der Waals surface area contributed by atoms with Crippen molar-refractivity contribution in [3.63, 3.8) is 0 Å². The van der Waals surface area contributed by atoms with E-state index in [0.29, 0.717) is 27.8 Å². The first-order valence-corrected chi connectivity index (χ1v) is 7.72. The lowest BCUT2D eigenvalue weighted by molar-refractivity contribution is 0.396. The molecule has 2 unspecified atom stereocenters. The third-order valence-corrected chi connectivity index (χ3v) is 4.36. The first-order chi connectivity index (χ1) is 9.53. The van der Waals surface area contributed by atoms with E-state index < -0.39 is 0 Å². The van der Waals surface area contributed by atoms with Crippen LogP contribution in [0, 0.1) is 0 Å². The predicted octanol–water partition coefficient (Wildman–Crippen LogP) is 4.04. The van der Waals surface area contributed by atoms with Crippen LogP contribution in [0.25, 0.3) is 0 Å². The number of methoxy groups -OCH3 is 2. The maximum Gasteiger partial charge on any atom is 0.161 e. The lowest BCUT2D eigenvalue weighted by Gasteiger charge is -2.23. The minimum atomic E-state index is 0.327. The number of ether oxygens (including phenoxy) is 2. The number of rotatable bonds is 3. The molecule has 20 heavy (non-hydrogen) atoms. The number of hydrogen-bond acceptors (Lipinski definition) is 5. The molecular weight excluding hydrogens is 296 g/mol. The fourth-order valence-corrected chi connectivity index (χ4v) is 3.54. The van der Waals surface area contributed by atoms with Crippen molar-refractivity contribution in [2.24, 2.45) is 4.99 Å². The van der Waals surface area contributed by atoms with Crippen LogP contribution in [0.4, 0.5) is 5.69 Å². The highest BCUT2D eigenvalue weighted by molar-refractivity contribution is 8.14. The summed E-state index contributed by atoms with van der Waals surface area (Å²) in [6.07, 6.45) is 1.09. The number of nitrogens with zero attached hydrogens (tertiary/aromatic N) is 1. The Kier molecular flexibility index (Phi) is 5.05. The second-order valence-corrected chi connectivity index (χ2v) is 6.59. The van der Waals surface area contributed by atoms with Crippen molar-refractivity contribution in [1.82, 2.24) is 0 Å². The number of benzene rings is 1. The monoisotopic (exact) mass is 314 g/mol. The van der Waals surface area contributed by atoms with E-state index in [4.69, 9.17) is 21.1 Å². The van der Waals surface area contributed by atoms with E-state index >= 15 is 0 Å². The van der Waals surface area contributed by atoms with Crippen molar-refractivity contribution in [1.29, 1.82) is 0 Å². The van der Waals surface area contributed by atoms with Gasteiger partial charge in [0.05, 0.1) is 31.0 Å². The van der Waals surface area contributed by atoms with Crippen LogP contribution in [0.1, 0.15) is 20.3 Å². The fourth-order valence-electron chi connectivity index (χ4n) is 2.14. The molecule has 0 bridgehead atoms. The van der Waals surface area contributed by atoms with Gasteiger partial charge in [0.15, 0.2) is 5.17 Å². The van der Waals surface area contributed by atoms with Crippen molar-refractivity contribution < 1.29 is 9.47 Å². The van der Waals surface area contributed by atoms with Crippen LogP contribution in [0.2, 0.25) is 5.02 Å². The molecule has 2 atom stereocenters. The van der Waals surface area contributed by atoms with Crippen LogP contribution < -0.4 is 14.8 Å². The average Bonchev–Trinajstić information content (AvgIpc) is 2.38. The molecule has 0 saturated heterocycles. The van der Waals surface area contributed by atoms with E-state index in [2.05, 4.69) is 24.2 Å². The Labute approximate surface area is 128 Å². The lowest BCUT2D eigenvalue weighted by atomic mass is 10.2. The number of hydrogen-bond donors (Lipinski definition) is 1. The molecule has 0 aromatic heterocycles. The topological polar surface area (TPSA) is 42.9 Å². The van der Waals surface area contributed by atoms with Gasteiger partial charge in [0.1, 0.15) is 11.5 Å². The van der Waals surface area contributed by atoms with Crippen LogP contribution in [0.15, 0.2) is 17.1 Å². The first kappa shape index (κ1) is 15.3. The zero-order chi connectivity index (χ0) is 14.7. The van der Waals surface area contributed by atoms with Gasteiger partial charge in [-0.1, -0.05) is 30.3 Å². The Hall–Kier alpha value is -1.07. The molecule has 0 aliphatic carbocycles. The van der Waals surface area contributed by atoms with Crippen molar-refractivity contribution >= 4 is 34.2 Å². The molecule has 1 aliphatic heterocycles. The molecule has 2 rings (SSSR count). The van der Waals surface area contributed by atoms with Gasteiger partial charge in [0.2, 0.25) is 0 Å². The van der Waals surface area contributed by atoms with Gasteiger partial charge in [-0.3, -0.25) is 4.99 Å². The van der Waals surface area contributed by atoms with E-state index in [0.717, 1.165) is 17.3 Å². The number of halogens is 1. The normalized spacial score (nSPS) is 22.1. The highest BCUT2D eigenvalue weighted by Crippen LogP contribution is 2.37. The summed E-state index contributed by atoms with van der Waals surface area (Å²) in [4.78, 5) is 4.61. The van der Waals surface area contributed by atoms with E-state index in [9.17, 15) is 0 Å². The van der Waals surface area contributed by atoms with Crippen LogP contribution >= 0.6 is 23.4 Å². The summed E-state index contributed by atoms with van der Waals surface area (Å²) >= 11 is 7.90. The van der Waals surface area contributed by atoms with Gasteiger partial charge in [0, 0.05) is 11.3 Å². The fraction of sp³-hybridized carbons (Fsp3) is 0.500. The highest BCUT2D eigenvalue weighted by Gasteiger charge is 2.20. The number of anilines is 1. The molecule has 1 aliphatic rings. The molecule has 0 radical (unpaired) electrons. The van der Waals surface area contributed by atoms with E-state index in [1.54, 1.807) is 38.1 Å². The largest absolute Gasteiger partial charge is 0.495 e. The molecule has 1 heterocycles. The van der Waals surface area contributed by atoms with Gasteiger partial charge < -0.3 is 14.8 Å². The minimum Gasteiger partial charge on any atom is -0.495 e. The van der Waals surface area contributed by atoms with Crippen molar-refractivity contribution in [3.8, 4) is 11.5 Å². The summed E-state index contributed by atoms with van der Waals surface area (Å²) < 4.78 is 10.6. The van der Waals surface area contributed by atoms with Crippen LogP contribution in [0.5, 0.6) is 11.5 Å². The summed E-state index contributed by atoms with van der Waals surface area (Å²) in [5, 5.41) is 5.29. The van der Waals surface area contributed by atoms with Gasteiger partial charge in [-0.15, -0.1) is 0 Å². The Morgan fingerprint density at radius 3 is 2.55 bits per heavy atom. The summed E-state index contributed by atoms with van der Waals surface area (Å²) in [6, 6.07) is 3.89. The van der Waals surface area contributed by atoms with Gasteiger partial charge >= 0.3 is 0 Å². The summed E-state index contributed by atoms with van der Waals surface area (Å²) in [5.74, 6) is 1.27. The van der Waals surface area contributed by atoms with Crippen molar-refractivity contribution in [2.75, 3.05) is 19.5 Å². The molecule has 0 spiro atoms. The lowest BCUT2D eigenvalue weighted by Crippen LogP contribution is -2.22. The number of aliphatic imine (C=N–C) groups is 1. The van der Waals surface area contributed by atoms with E-state index in [1.807, 2.05) is 0 Å². The minimum absolute atomic E-state index is 0.327. The van der Waals surface area contributed by atoms with Crippen LogP contribution in [0.3, 0.4) is 0 Å². The van der Waals surface area contributed by atoms with Crippen molar-refractivity contribution in [3.05, 3.63) is 17.2 Å². The third kappa shape index (κ3) is 3.52. The Morgan fingerprint density at radius 1 is 1.25 bits per heavy atom. The quantitative estimate of drug-likeness (QED) is 0.914. The van der Waals surface area contributed by atoms with Crippen LogP contribution in [-0.4, -0.2) is 30.7 Å². The Balaban J connectivity index is 2.27. The molecule has 0 fully saturated rings. The zero-order valence-electron chi connectivity index (χ0n) is 12.1. The Bertz CT molecular complexity index is 522. The maximum atomic E-state index is 6.17. The maximum absolute atomic E-state index is 6.17. The molecule has 4 nitrogen and oxygen atoms in total. The zero-order valence-corrected chi connectivity index (χ0v) is 13.6. The van der Waals surface area contributed by atoms with Gasteiger partial charge in [-0.2, -0.15) is 0 Å². The Morgan fingerprint density at radius 2 is 1.95 bits per heavy atom. The van der Waals surface area contributed by atoms with E-state index in [1.165, 1.54) is 0 Å². The van der Waals surface area contributed by atoms with Gasteiger partial charge in [-0.25, -0.2) is 0 Å². The second-order valence-electron chi connectivity index (χ2n) is 4.76. The first-order valence-electron chi connectivity index (χ1n) is 6.46. The SMILES string of the molecule is COc1cc(OC)c(NC2=NC(C)CC(C)S2)cc1Cl. The number of nitrogens with one attached hydrogen (secondary N) is 1. The molecular formula is C14H19ClN2O2S.